The largest absolute Gasteiger partial charge is 0.319 e. The SMILES string of the molecule is CNCC(Cc1ccn(C2CCCC2)n1)C(C)C. The number of rotatable bonds is 6. The zero-order chi connectivity index (χ0) is 13.0. The van der Waals surface area contributed by atoms with Crippen LogP contribution >= 0.6 is 0 Å². The molecule has 0 bridgehead atoms. The van der Waals surface area contributed by atoms with Crippen LogP contribution in [-0.2, 0) is 6.42 Å². The van der Waals surface area contributed by atoms with Crippen LogP contribution in [0.25, 0.3) is 0 Å². The zero-order valence-electron chi connectivity index (χ0n) is 12.0. The molecule has 1 saturated carbocycles. The van der Waals surface area contributed by atoms with Crippen molar-refractivity contribution in [2.24, 2.45) is 11.8 Å². The van der Waals surface area contributed by atoms with Gasteiger partial charge in [0.25, 0.3) is 0 Å². The molecule has 2 rings (SSSR count). The van der Waals surface area contributed by atoms with Crippen LogP contribution in [0.2, 0.25) is 0 Å². The third-order valence-electron chi connectivity index (χ3n) is 4.24. The lowest BCUT2D eigenvalue weighted by Crippen LogP contribution is -2.25. The molecule has 1 aromatic rings. The Labute approximate surface area is 111 Å². The third kappa shape index (κ3) is 3.35. The van der Waals surface area contributed by atoms with Crippen LogP contribution in [0, 0.1) is 11.8 Å². The zero-order valence-corrected chi connectivity index (χ0v) is 12.0. The highest BCUT2D eigenvalue weighted by Crippen LogP contribution is 2.29. The van der Waals surface area contributed by atoms with Crippen molar-refractivity contribution in [3.63, 3.8) is 0 Å². The Kier molecular flexibility index (Phi) is 4.81. The Bertz CT molecular complexity index is 350. The number of nitrogens with zero attached hydrogens (tertiary/aromatic N) is 2. The second kappa shape index (κ2) is 6.37. The average Bonchev–Trinajstić information content (AvgIpc) is 2.98. The van der Waals surface area contributed by atoms with Crippen LogP contribution < -0.4 is 5.32 Å². The molecule has 1 aromatic heterocycles. The van der Waals surface area contributed by atoms with E-state index in [9.17, 15) is 0 Å². The molecule has 0 saturated heterocycles. The van der Waals surface area contributed by atoms with Crippen LogP contribution in [0.5, 0.6) is 0 Å². The van der Waals surface area contributed by atoms with Gasteiger partial charge in [-0.1, -0.05) is 26.7 Å². The average molecular weight is 249 g/mol. The summed E-state index contributed by atoms with van der Waals surface area (Å²) in [7, 11) is 2.03. The van der Waals surface area contributed by atoms with Crippen LogP contribution in [0.4, 0.5) is 0 Å². The van der Waals surface area contributed by atoms with Gasteiger partial charge < -0.3 is 5.32 Å². The fourth-order valence-electron chi connectivity index (χ4n) is 2.93. The first-order valence-electron chi connectivity index (χ1n) is 7.39. The van der Waals surface area contributed by atoms with Crippen LogP contribution in [0.3, 0.4) is 0 Å². The van der Waals surface area contributed by atoms with Gasteiger partial charge in [-0.05, 0) is 50.8 Å². The Morgan fingerprint density at radius 3 is 2.72 bits per heavy atom. The third-order valence-corrected chi connectivity index (χ3v) is 4.24. The highest BCUT2D eigenvalue weighted by molar-refractivity contribution is 5.02. The van der Waals surface area contributed by atoms with Gasteiger partial charge in [-0.2, -0.15) is 5.10 Å². The molecule has 0 aliphatic heterocycles. The van der Waals surface area contributed by atoms with E-state index in [4.69, 9.17) is 5.10 Å². The van der Waals surface area contributed by atoms with Crippen molar-refractivity contribution >= 4 is 0 Å². The minimum absolute atomic E-state index is 0.667. The summed E-state index contributed by atoms with van der Waals surface area (Å²) in [6.45, 7) is 5.68. The van der Waals surface area contributed by atoms with Gasteiger partial charge >= 0.3 is 0 Å². The molecule has 3 nitrogen and oxygen atoms in total. The summed E-state index contributed by atoms with van der Waals surface area (Å²) in [5.41, 5.74) is 1.26. The summed E-state index contributed by atoms with van der Waals surface area (Å²) in [4.78, 5) is 0. The molecule has 0 aromatic carbocycles. The molecule has 102 valence electrons. The fraction of sp³-hybridized carbons (Fsp3) is 0.800. The quantitative estimate of drug-likeness (QED) is 0.840. The van der Waals surface area contributed by atoms with Gasteiger partial charge in [0, 0.05) is 6.20 Å². The van der Waals surface area contributed by atoms with E-state index >= 15 is 0 Å². The van der Waals surface area contributed by atoms with Crippen molar-refractivity contribution in [3.05, 3.63) is 18.0 Å². The molecule has 1 fully saturated rings. The summed E-state index contributed by atoms with van der Waals surface area (Å²) in [5, 5.41) is 8.08. The summed E-state index contributed by atoms with van der Waals surface area (Å²) in [6, 6.07) is 2.88. The van der Waals surface area contributed by atoms with Crippen LogP contribution in [0.1, 0.15) is 51.3 Å². The van der Waals surface area contributed by atoms with Crippen molar-refractivity contribution in [3.8, 4) is 0 Å². The molecular weight excluding hydrogens is 222 g/mol. The first kappa shape index (κ1) is 13.6. The lowest BCUT2D eigenvalue weighted by molar-refractivity contribution is 0.364. The van der Waals surface area contributed by atoms with Gasteiger partial charge in [-0.25, -0.2) is 0 Å². The summed E-state index contributed by atoms with van der Waals surface area (Å²) in [5.74, 6) is 1.39. The predicted molar refractivity (Wildman–Crippen MR) is 75.7 cm³/mol. The standard InChI is InChI=1S/C15H27N3/c1-12(2)13(11-16-3)10-14-8-9-18(17-14)15-6-4-5-7-15/h8-9,12-13,15-16H,4-7,10-11H2,1-3H3. The second-order valence-corrected chi connectivity index (χ2v) is 5.99. The van der Waals surface area contributed by atoms with E-state index in [1.165, 1.54) is 31.4 Å². The van der Waals surface area contributed by atoms with Gasteiger partial charge in [-0.15, -0.1) is 0 Å². The minimum Gasteiger partial charge on any atom is -0.319 e. The Balaban J connectivity index is 1.96. The number of hydrogen-bond acceptors (Lipinski definition) is 2. The molecule has 0 amide bonds. The first-order valence-corrected chi connectivity index (χ1v) is 7.39. The van der Waals surface area contributed by atoms with Crippen molar-refractivity contribution < 1.29 is 0 Å². The van der Waals surface area contributed by atoms with E-state index in [0.717, 1.165) is 13.0 Å². The highest BCUT2D eigenvalue weighted by atomic mass is 15.3. The van der Waals surface area contributed by atoms with Crippen molar-refractivity contribution in [1.82, 2.24) is 15.1 Å². The Morgan fingerprint density at radius 2 is 2.11 bits per heavy atom. The fourth-order valence-corrected chi connectivity index (χ4v) is 2.93. The van der Waals surface area contributed by atoms with Crippen molar-refractivity contribution in [2.45, 2.75) is 52.0 Å². The molecule has 0 radical (unpaired) electrons. The Hall–Kier alpha value is -0.830. The molecule has 1 aliphatic rings. The summed E-state index contributed by atoms with van der Waals surface area (Å²) in [6.07, 6.45) is 8.64. The maximum atomic E-state index is 4.79. The first-order chi connectivity index (χ1) is 8.70. The maximum absolute atomic E-state index is 4.79. The van der Waals surface area contributed by atoms with Gasteiger partial charge in [-0.3, -0.25) is 4.68 Å². The van der Waals surface area contributed by atoms with E-state index in [0.29, 0.717) is 17.9 Å². The van der Waals surface area contributed by atoms with Gasteiger partial charge in [0.2, 0.25) is 0 Å². The molecule has 1 aliphatic carbocycles. The lowest BCUT2D eigenvalue weighted by Gasteiger charge is -2.19. The van der Waals surface area contributed by atoms with E-state index in [-0.39, 0.29) is 0 Å². The van der Waals surface area contributed by atoms with E-state index in [1.807, 2.05) is 7.05 Å². The van der Waals surface area contributed by atoms with E-state index in [2.05, 4.69) is 36.1 Å². The van der Waals surface area contributed by atoms with Crippen LogP contribution in [0.15, 0.2) is 12.3 Å². The van der Waals surface area contributed by atoms with Crippen molar-refractivity contribution in [2.75, 3.05) is 13.6 Å². The molecule has 1 unspecified atom stereocenters. The Morgan fingerprint density at radius 1 is 1.39 bits per heavy atom. The number of hydrogen-bond donors (Lipinski definition) is 1. The van der Waals surface area contributed by atoms with Crippen LogP contribution in [-0.4, -0.2) is 23.4 Å². The molecule has 0 spiro atoms. The smallest absolute Gasteiger partial charge is 0.0628 e. The lowest BCUT2D eigenvalue weighted by atomic mass is 9.91. The molecule has 18 heavy (non-hydrogen) atoms. The molecular formula is C15H27N3. The molecule has 3 heteroatoms. The molecule has 1 N–H and O–H groups in total. The maximum Gasteiger partial charge on any atom is 0.0628 e. The molecule has 1 atom stereocenters. The van der Waals surface area contributed by atoms with Gasteiger partial charge in [0.1, 0.15) is 0 Å². The normalized spacial score (nSPS) is 18.7. The van der Waals surface area contributed by atoms with E-state index in [1.54, 1.807) is 0 Å². The summed E-state index contributed by atoms with van der Waals surface area (Å²) >= 11 is 0. The van der Waals surface area contributed by atoms with Crippen molar-refractivity contribution in [1.29, 1.82) is 0 Å². The van der Waals surface area contributed by atoms with Gasteiger partial charge in [0.15, 0.2) is 0 Å². The minimum atomic E-state index is 0.667. The number of nitrogens with one attached hydrogen (secondary N) is 1. The summed E-state index contributed by atoms with van der Waals surface area (Å²) < 4.78 is 2.21. The second-order valence-electron chi connectivity index (χ2n) is 5.99. The number of aromatic nitrogens is 2. The topological polar surface area (TPSA) is 29.9 Å². The molecule has 1 heterocycles. The van der Waals surface area contributed by atoms with Gasteiger partial charge in [0.05, 0.1) is 11.7 Å². The predicted octanol–water partition coefficient (Wildman–Crippen LogP) is 3.03. The van der Waals surface area contributed by atoms with E-state index < -0.39 is 0 Å². The highest BCUT2D eigenvalue weighted by Gasteiger charge is 2.19. The monoisotopic (exact) mass is 249 g/mol.